The van der Waals surface area contributed by atoms with Crippen molar-refractivity contribution < 1.29 is 0 Å². The molecule has 80 valence electrons. The van der Waals surface area contributed by atoms with E-state index in [0.29, 0.717) is 0 Å². The summed E-state index contributed by atoms with van der Waals surface area (Å²) in [5.74, 6) is 1.13. The quantitative estimate of drug-likeness (QED) is 0.759. The van der Waals surface area contributed by atoms with Crippen LogP contribution in [0.3, 0.4) is 0 Å². The van der Waals surface area contributed by atoms with Gasteiger partial charge in [0.05, 0.1) is 11.7 Å². The molecule has 4 nitrogen and oxygen atoms in total. The van der Waals surface area contributed by atoms with E-state index in [1.807, 2.05) is 19.3 Å². The van der Waals surface area contributed by atoms with Gasteiger partial charge in [0.2, 0.25) is 0 Å². The van der Waals surface area contributed by atoms with Crippen molar-refractivity contribution in [3.8, 4) is 0 Å². The molecule has 0 spiro atoms. The zero-order valence-corrected chi connectivity index (χ0v) is 9.20. The SMILES string of the molecule is CNCCCc1nc2cnccc2n1C. The summed E-state index contributed by atoms with van der Waals surface area (Å²) >= 11 is 0. The molecule has 2 aromatic heterocycles. The molecule has 2 rings (SSSR count). The molecule has 15 heavy (non-hydrogen) atoms. The topological polar surface area (TPSA) is 42.7 Å². The van der Waals surface area contributed by atoms with E-state index in [4.69, 9.17) is 0 Å². The fourth-order valence-electron chi connectivity index (χ4n) is 1.75. The molecule has 4 heteroatoms. The van der Waals surface area contributed by atoms with Gasteiger partial charge < -0.3 is 9.88 Å². The highest BCUT2D eigenvalue weighted by Crippen LogP contribution is 2.13. The predicted molar refractivity (Wildman–Crippen MR) is 60.8 cm³/mol. The van der Waals surface area contributed by atoms with Crippen LogP contribution in [0.15, 0.2) is 18.5 Å². The Morgan fingerprint density at radius 3 is 3.07 bits per heavy atom. The van der Waals surface area contributed by atoms with E-state index in [1.165, 1.54) is 0 Å². The van der Waals surface area contributed by atoms with Gasteiger partial charge in [-0.05, 0) is 26.1 Å². The van der Waals surface area contributed by atoms with Gasteiger partial charge in [0, 0.05) is 19.7 Å². The Morgan fingerprint density at radius 2 is 2.33 bits per heavy atom. The second kappa shape index (κ2) is 4.40. The van der Waals surface area contributed by atoms with Gasteiger partial charge in [-0.1, -0.05) is 0 Å². The minimum absolute atomic E-state index is 0.986. The maximum absolute atomic E-state index is 4.56. The number of pyridine rings is 1. The van der Waals surface area contributed by atoms with Crippen molar-refractivity contribution in [3.63, 3.8) is 0 Å². The number of nitrogens with one attached hydrogen (secondary N) is 1. The molecule has 0 radical (unpaired) electrons. The van der Waals surface area contributed by atoms with Gasteiger partial charge in [0.15, 0.2) is 0 Å². The summed E-state index contributed by atoms with van der Waals surface area (Å²) in [7, 11) is 4.03. The van der Waals surface area contributed by atoms with E-state index in [-0.39, 0.29) is 0 Å². The molecule has 0 saturated carbocycles. The smallest absolute Gasteiger partial charge is 0.109 e. The number of hydrogen-bond acceptors (Lipinski definition) is 3. The van der Waals surface area contributed by atoms with Crippen molar-refractivity contribution in [2.24, 2.45) is 7.05 Å². The van der Waals surface area contributed by atoms with Crippen molar-refractivity contribution in [2.45, 2.75) is 12.8 Å². The molecule has 1 N–H and O–H groups in total. The lowest BCUT2D eigenvalue weighted by atomic mass is 10.3. The first kappa shape index (κ1) is 10.1. The first-order chi connectivity index (χ1) is 7.33. The van der Waals surface area contributed by atoms with Crippen LogP contribution in [0.1, 0.15) is 12.2 Å². The normalized spacial score (nSPS) is 11.1. The minimum Gasteiger partial charge on any atom is -0.331 e. The predicted octanol–water partition coefficient (Wildman–Crippen LogP) is 1.12. The Hall–Kier alpha value is -1.42. The summed E-state index contributed by atoms with van der Waals surface area (Å²) in [6.07, 6.45) is 5.74. The summed E-state index contributed by atoms with van der Waals surface area (Å²) < 4.78 is 2.15. The summed E-state index contributed by atoms with van der Waals surface area (Å²) in [5.41, 5.74) is 2.14. The Balaban J connectivity index is 2.24. The number of aryl methyl sites for hydroxylation is 2. The van der Waals surface area contributed by atoms with Crippen molar-refractivity contribution >= 4 is 11.0 Å². The molecule has 0 aliphatic rings. The molecule has 0 atom stereocenters. The van der Waals surface area contributed by atoms with Crippen LogP contribution in [0, 0.1) is 0 Å². The van der Waals surface area contributed by atoms with Crippen LogP contribution in [-0.2, 0) is 13.5 Å². The zero-order valence-electron chi connectivity index (χ0n) is 9.20. The Morgan fingerprint density at radius 1 is 1.47 bits per heavy atom. The lowest BCUT2D eigenvalue weighted by molar-refractivity contribution is 0.685. The lowest BCUT2D eigenvalue weighted by Crippen LogP contribution is -2.09. The summed E-state index contributed by atoms with van der Waals surface area (Å²) in [6, 6.07) is 2.00. The molecule has 0 fully saturated rings. The van der Waals surface area contributed by atoms with E-state index in [1.54, 1.807) is 6.20 Å². The maximum Gasteiger partial charge on any atom is 0.109 e. The Bertz CT molecular complexity index is 447. The number of nitrogens with zero attached hydrogens (tertiary/aromatic N) is 3. The van der Waals surface area contributed by atoms with Crippen LogP contribution in [0.2, 0.25) is 0 Å². The molecule has 0 amide bonds. The third-order valence-electron chi connectivity index (χ3n) is 2.60. The second-order valence-electron chi connectivity index (χ2n) is 3.66. The fourth-order valence-corrected chi connectivity index (χ4v) is 1.75. The third kappa shape index (κ3) is 1.99. The molecule has 0 aliphatic carbocycles. The third-order valence-corrected chi connectivity index (χ3v) is 2.60. The average molecular weight is 204 g/mol. The molecule has 2 heterocycles. The molecule has 0 aliphatic heterocycles. The molecular formula is C11H16N4. The summed E-state index contributed by atoms with van der Waals surface area (Å²) in [4.78, 5) is 8.63. The number of aromatic nitrogens is 3. The first-order valence-electron chi connectivity index (χ1n) is 5.23. The first-order valence-corrected chi connectivity index (χ1v) is 5.23. The highest BCUT2D eigenvalue weighted by molar-refractivity contribution is 5.74. The van der Waals surface area contributed by atoms with Crippen LogP contribution in [0.25, 0.3) is 11.0 Å². The van der Waals surface area contributed by atoms with Crippen LogP contribution >= 0.6 is 0 Å². The van der Waals surface area contributed by atoms with E-state index in [0.717, 1.165) is 36.2 Å². The van der Waals surface area contributed by atoms with E-state index >= 15 is 0 Å². The summed E-state index contributed by atoms with van der Waals surface area (Å²) in [5, 5.41) is 3.14. The van der Waals surface area contributed by atoms with Crippen molar-refractivity contribution in [2.75, 3.05) is 13.6 Å². The second-order valence-corrected chi connectivity index (χ2v) is 3.66. The maximum atomic E-state index is 4.56. The van der Waals surface area contributed by atoms with E-state index < -0.39 is 0 Å². The van der Waals surface area contributed by atoms with Crippen LogP contribution in [-0.4, -0.2) is 28.1 Å². The molecule has 0 bridgehead atoms. The molecular weight excluding hydrogens is 188 g/mol. The van der Waals surface area contributed by atoms with Crippen LogP contribution < -0.4 is 5.32 Å². The van der Waals surface area contributed by atoms with Gasteiger partial charge in [-0.3, -0.25) is 4.98 Å². The highest BCUT2D eigenvalue weighted by atomic mass is 15.1. The standard InChI is InChI=1S/C11H16N4/c1-12-6-3-4-11-14-9-8-13-7-5-10(9)15(11)2/h5,7-8,12H,3-4,6H2,1-2H3. The molecule has 0 saturated heterocycles. The number of hydrogen-bond donors (Lipinski definition) is 1. The van der Waals surface area contributed by atoms with Crippen LogP contribution in [0.4, 0.5) is 0 Å². The fraction of sp³-hybridized carbons (Fsp3) is 0.455. The molecule has 0 aromatic carbocycles. The van der Waals surface area contributed by atoms with Gasteiger partial charge in [0.25, 0.3) is 0 Å². The zero-order chi connectivity index (χ0) is 10.7. The van der Waals surface area contributed by atoms with E-state index in [9.17, 15) is 0 Å². The Kier molecular flexibility index (Phi) is 2.97. The molecule has 2 aromatic rings. The van der Waals surface area contributed by atoms with Gasteiger partial charge in [-0.2, -0.15) is 0 Å². The largest absolute Gasteiger partial charge is 0.331 e. The lowest BCUT2D eigenvalue weighted by Gasteiger charge is -2.01. The van der Waals surface area contributed by atoms with Gasteiger partial charge in [-0.15, -0.1) is 0 Å². The van der Waals surface area contributed by atoms with Crippen LogP contribution in [0.5, 0.6) is 0 Å². The monoisotopic (exact) mass is 204 g/mol. The summed E-state index contributed by atoms with van der Waals surface area (Å²) in [6.45, 7) is 1.03. The average Bonchev–Trinajstić information content (AvgIpc) is 2.57. The van der Waals surface area contributed by atoms with E-state index in [2.05, 4.69) is 26.9 Å². The van der Waals surface area contributed by atoms with Gasteiger partial charge >= 0.3 is 0 Å². The number of rotatable bonds is 4. The van der Waals surface area contributed by atoms with Gasteiger partial charge in [-0.25, -0.2) is 4.98 Å². The number of imidazole rings is 1. The van der Waals surface area contributed by atoms with Crippen molar-refractivity contribution in [1.82, 2.24) is 19.9 Å². The van der Waals surface area contributed by atoms with Crippen molar-refractivity contribution in [3.05, 3.63) is 24.3 Å². The van der Waals surface area contributed by atoms with Gasteiger partial charge in [0.1, 0.15) is 11.3 Å². The van der Waals surface area contributed by atoms with Crippen molar-refractivity contribution in [1.29, 1.82) is 0 Å². The minimum atomic E-state index is 0.986. The Labute approximate surface area is 89.3 Å². The molecule has 0 unspecified atom stereocenters. The highest BCUT2D eigenvalue weighted by Gasteiger charge is 2.06. The number of fused-ring (bicyclic) bond motifs is 1.